The number of quaternary nitrogens is 1. The van der Waals surface area contributed by atoms with Crippen LogP contribution in [0, 0.1) is 5.92 Å². The number of aliphatic hydroxyl groups is 1. The van der Waals surface area contributed by atoms with E-state index in [2.05, 4.69) is 10.5 Å². The summed E-state index contributed by atoms with van der Waals surface area (Å²) >= 11 is 2.85. The van der Waals surface area contributed by atoms with Crippen LogP contribution >= 0.6 is 22.7 Å². The summed E-state index contributed by atoms with van der Waals surface area (Å²) in [6.07, 6.45) is 2.83. The molecule has 0 saturated carbocycles. The van der Waals surface area contributed by atoms with Crippen molar-refractivity contribution in [3.05, 3.63) is 57.1 Å². The molecule has 11 heteroatoms. The summed E-state index contributed by atoms with van der Waals surface area (Å²) in [4.78, 5) is 26.0. The van der Waals surface area contributed by atoms with Crippen molar-refractivity contribution in [2.24, 2.45) is 5.92 Å². The third-order valence-corrected chi connectivity index (χ3v) is 8.02. The molecular formula is C22H24BrN3O5S2. The number of amides is 1. The number of nitrogens with one attached hydrogen (secondary N) is 1. The number of aromatic nitrogens is 1. The predicted molar refractivity (Wildman–Crippen MR) is 119 cm³/mol. The van der Waals surface area contributed by atoms with Gasteiger partial charge in [0.25, 0.3) is 5.91 Å². The van der Waals surface area contributed by atoms with E-state index in [4.69, 9.17) is 9.26 Å². The zero-order valence-corrected chi connectivity index (χ0v) is 20.9. The highest BCUT2D eigenvalue weighted by Crippen LogP contribution is 2.39. The number of nitrogens with zero attached hydrogens (tertiary/aromatic N) is 2. The number of carbonyl (C=O) groups is 2. The van der Waals surface area contributed by atoms with Crippen molar-refractivity contribution < 1.29 is 45.4 Å². The van der Waals surface area contributed by atoms with Crippen LogP contribution in [0.4, 0.5) is 5.82 Å². The molecule has 6 rings (SSSR count). The lowest BCUT2D eigenvalue weighted by atomic mass is 9.82. The van der Waals surface area contributed by atoms with Gasteiger partial charge in [0.1, 0.15) is 12.8 Å². The largest absolute Gasteiger partial charge is 1.00 e. The molecule has 8 nitrogen and oxygen atoms in total. The van der Waals surface area contributed by atoms with Gasteiger partial charge in [-0.2, -0.15) is 22.7 Å². The number of carbonyl (C=O) groups excluding carboxylic acids is 2. The zero-order valence-electron chi connectivity index (χ0n) is 17.7. The van der Waals surface area contributed by atoms with Crippen molar-refractivity contribution in [2.45, 2.75) is 24.5 Å². The van der Waals surface area contributed by atoms with Crippen molar-refractivity contribution in [1.82, 2.24) is 5.16 Å². The average Bonchev–Trinajstić information content (AvgIpc) is 3.57. The Morgan fingerprint density at radius 1 is 1.18 bits per heavy atom. The molecule has 2 bridgehead atoms. The van der Waals surface area contributed by atoms with Gasteiger partial charge in [0.15, 0.2) is 18.5 Å². The topological polar surface area (TPSA) is 102 Å². The summed E-state index contributed by atoms with van der Waals surface area (Å²) in [5.74, 6) is -0.165. The minimum absolute atomic E-state index is 0. The van der Waals surface area contributed by atoms with Gasteiger partial charge in [-0.25, -0.2) is 4.79 Å². The highest BCUT2D eigenvalue weighted by atomic mass is 79.9. The molecule has 3 aromatic rings. The maximum Gasteiger partial charge on any atom is 0.348 e. The lowest BCUT2D eigenvalue weighted by Gasteiger charge is -2.51. The van der Waals surface area contributed by atoms with E-state index in [0.717, 1.165) is 25.9 Å². The number of thiophene rings is 2. The van der Waals surface area contributed by atoms with Gasteiger partial charge in [-0.05, 0) is 33.7 Å². The standard InChI is InChI=1S/C22H23N3O5S2.BrH/c26-20(23-19-3-8-29-24-19)12-25-6-1-15(2-7-25)18(11-25)30-21(27)22(28,16-4-9-31-13-16)17-5-10-32-14-17;/h3-5,8-10,13-15,18,28H,1-2,6-7,11-12H2;1H/t15?,18-,25?;/m0./s1. The molecule has 0 unspecified atom stereocenters. The van der Waals surface area contributed by atoms with Crippen molar-refractivity contribution in [1.29, 1.82) is 0 Å². The number of rotatable bonds is 7. The normalized spacial score (nSPS) is 24.2. The molecule has 0 aliphatic carbocycles. The SMILES string of the molecule is O=C(C[N+]12CCC(CC1)[C@@H](OC(=O)C(O)(c1ccsc1)c1ccsc1)C2)Nc1ccon1.[Br-]. The van der Waals surface area contributed by atoms with Crippen LogP contribution in [0.25, 0.3) is 0 Å². The molecule has 1 atom stereocenters. The maximum atomic E-state index is 13.4. The van der Waals surface area contributed by atoms with Crippen LogP contribution in [-0.4, -0.2) is 58.9 Å². The van der Waals surface area contributed by atoms with Crippen LogP contribution in [0.3, 0.4) is 0 Å². The fourth-order valence-electron chi connectivity index (χ4n) is 4.91. The number of halogens is 1. The molecule has 0 spiro atoms. The van der Waals surface area contributed by atoms with Gasteiger partial charge < -0.3 is 41.1 Å². The molecule has 3 saturated heterocycles. The Kier molecular flexibility index (Phi) is 7.06. The van der Waals surface area contributed by atoms with Gasteiger partial charge in [0.2, 0.25) is 5.60 Å². The van der Waals surface area contributed by atoms with E-state index in [-0.39, 0.29) is 41.5 Å². The Bertz CT molecular complexity index is 1030. The van der Waals surface area contributed by atoms with E-state index in [9.17, 15) is 14.7 Å². The highest BCUT2D eigenvalue weighted by Gasteiger charge is 2.51. The van der Waals surface area contributed by atoms with Crippen molar-refractivity contribution >= 4 is 40.4 Å². The van der Waals surface area contributed by atoms with E-state index in [0.29, 0.717) is 28.0 Å². The van der Waals surface area contributed by atoms with Crippen molar-refractivity contribution in [3.8, 4) is 0 Å². The number of fused-ring (bicyclic) bond motifs is 3. The third-order valence-electron chi connectivity index (χ3n) is 6.66. The monoisotopic (exact) mass is 553 g/mol. The van der Waals surface area contributed by atoms with Gasteiger partial charge in [-0.15, -0.1) is 0 Å². The number of hydrogen-bond donors (Lipinski definition) is 2. The fraction of sp³-hybridized carbons (Fsp3) is 0.409. The lowest BCUT2D eigenvalue weighted by molar-refractivity contribution is -0.939. The van der Waals surface area contributed by atoms with E-state index < -0.39 is 11.6 Å². The molecule has 3 fully saturated rings. The van der Waals surface area contributed by atoms with Crippen LogP contribution in [0.1, 0.15) is 24.0 Å². The summed E-state index contributed by atoms with van der Waals surface area (Å²) in [6, 6.07) is 5.10. The molecule has 0 aromatic carbocycles. The Hall–Kier alpha value is -2.05. The number of piperidine rings is 3. The summed E-state index contributed by atoms with van der Waals surface area (Å²) in [5.41, 5.74) is -0.799. The van der Waals surface area contributed by atoms with Crippen LogP contribution < -0.4 is 22.3 Å². The minimum Gasteiger partial charge on any atom is -1.00 e. The second kappa shape index (κ2) is 9.67. The molecule has 2 N–H and O–H groups in total. The molecule has 6 heterocycles. The molecule has 3 aliphatic heterocycles. The summed E-state index contributed by atoms with van der Waals surface area (Å²) in [6.45, 7) is 2.58. The Balaban J connectivity index is 0.00000259. The Morgan fingerprint density at radius 3 is 2.39 bits per heavy atom. The van der Waals surface area contributed by atoms with Gasteiger partial charge in [0, 0.05) is 36.0 Å². The maximum absolute atomic E-state index is 13.4. The molecule has 176 valence electrons. The molecule has 0 radical (unpaired) electrons. The minimum atomic E-state index is -1.83. The highest BCUT2D eigenvalue weighted by molar-refractivity contribution is 7.08. The second-order valence-corrected chi connectivity index (χ2v) is 10.1. The number of anilines is 1. The van der Waals surface area contributed by atoms with Crippen LogP contribution in [-0.2, 0) is 19.9 Å². The Labute approximate surface area is 209 Å². The first-order valence-electron chi connectivity index (χ1n) is 10.5. The smallest absolute Gasteiger partial charge is 0.348 e. The van der Waals surface area contributed by atoms with Gasteiger partial charge in [-0.3, -0.25) is 4.79 Å². The van der Waals surface area contributed by atoms with Crippen molar-refractivity contribution in [3.63, 3.8) is 0 Å². The molecule has 33 heavy (non-hydrogen) atoms. The molecular weight excluding hydrogens is 530 g/mol. The number of hydrogen-bond acceptors (Lipinski definition) is 8. The summed E-state index contributed by atoms with van der Waals surface area (Å²) < 4.78 is 11.3. The number of ether oxygens (including phenoxy) is 1. The van der Waals surface area contributed by atoms with Crippen molar-refractivity contribution in [2.75, 3.05) is 31.5 Å². The first kappa shape index (κ1) is 24.1. The van der Waals surface area contributed by atoms with E-state index in [1.807, 2.05) is 10.8 Å². The molecule has 1 amide bonds. The zero-order chi connectivity index (χ0) is 22.2. The van der Waals surface area contributed by atoms with E-state index >= 15 is 0 Å². The fourth-order valence-corrected chi connectivity index (χ4v) is 6.31. The second-order valence-electron chi connectivity index (χ2n) is 8.58. The molecule has 3 aliphatic rings. The van der Waals surface area contributed by atoms with Crippen LogP contribution in [0.15, 0.2) is 50.5 Å². The molecule has 3 aromatic heterocycles. The summed E-state index contributed by atoms with van der Waals surface area (Å²) in [5, 5.41) is 25.2. The third kappa shape index (κ3) is 4.65. The van der Waals surface area contributed by atoms with E-state index in [1.54, 1.807) is 29.0 Å². The van der Waals surface area contributed by atoms with Gasteiger partial charge in [-0.1, -0.05) is 5.16 Å². The van der Waals surface area contributed by atoms with E-state index in [1.165, 1.54) is 28.9 Å². The first-order chi connectivity index (χ1) is 15.5. The quantitative estimate of drug-likeness (QED) is 0.311. The van der Waals surface area contributed by atoms with Gasteiger partial charge in [0.05, 0.1) is 13.1 Å². The van der Waals surface area contributed by atoms with Crippen LogP contribution in [0.2, 0.25) is 0 Å². The Morgan fingerprint density at radius 2 is 1.85 bits per heavy atom. The van der Waals surface area contributed by atoms with Crippen LogP contribution in [0.5, 0.6) is 0 Å². The first-order valence-corrected chi connectivity index (χ1v) is 12.4. The lowest BCUT2D eigenvalue weighted by Crippen LogP contribution is -3.00. The van der Waals surface area contributed by atoms with Gasteiger partial charge >= 0.3 is 5.97 Å². The number of esters is 1. The average molecular weight is 554 g/mol. The summed E-state index contributed by atoms with van der Waals surface area (Å²) in [7, 11) is 0. The predicted octanol–water partition coefficient (Wildman–Crippen LogP) is -0.172.